The Bertz CT molecular complexity index is 270. The molecule has 0 spiro atoms. The Balaban J connectivity index is 0. The summed E-state index contributed by atoms with van der Waals surface area (Å²) in [4.78, 5) is 0. The molecular formula is C15H23OZn-. The van der Waals surface area contributed by atoms with Gasteiger partial charge in [0, 0.05) is 19.5 Å². The smallest absolute Gasteiger partial charge is 0.0971 e. The Hall–Kier alpha value is -0.457. The van der Waals surface area contributed by atoms with Gasteiger partial charge >= 0.3 is 0 Å². The Kier molecular flexibility index (Phi) is 15.1. The molecule has 0 fully saturated rings. The fraction of sp³-hybridized carbons (Fsp3) is 0.400. The molecule has 92 valence electrons. The van der Waals surface area contributed by atoms with Gasteiger partial charge in [-0.05, 0) is 12.0 Å². The third-order valence-corrected chi connectivity index (χ3v) is 2.18. The SMILES string of the molecule is CCCC/C=C/[C@H](O)c1ccccc1.[CH2-]C.[Zn]. The molecule has 1 N–H and O–H groups in total. The second kappa shape index (κ2) is 13.6. The number of hydrogen-bond donors (Lipinski definition) is 1. The van der Waals surface area contributed by atoms with Crippen molar-refractivity contribution in [1.82, 2.24) is 0 Å². The van der Waals surface area contributed by atoms with Crippen molar-refractivity contribution >= 4 is 0 Å². The van der Waals surface area contributed by atoms with Gasteiger partial charge in [0.1, 0.15) is 0 Å². The summed E-state index contributed by atoms with van der Waals surface area (Å²) in [6.45, 7) is 7.17. The molecule has 0 saturated carbocycles. The minimum Gasteiger partial charge on any atom is -0.384 e. The summed E-state index contributed by atoms with van der Waals surface area (Å²) >= 11 is 0. The molecule has 1 aromatic carbocycles. The first-order valence-electron chi connectivity index (χ1n) is 5.95. The van der Waals surface area contributed by atoms with Crippen molar-refractivity contribution in [2.45, 2.75) is 39.2 Å². The van der Waals surface area contributed by atoms with Gasteiger partial charge in [-0.1, -0.05) is 62.2 Å². The summed E-state index contributed by atoms with van der Waals surface area (Å²) in [6.07, 6.45) is 6.92. The summed E-state index contributed by atoms with van der Waals surface area (Å²) < 4.78 is 0. The third-order valence-electron chi connectivity index (χ3n) is 2.18. The number of rotatable bonds is 5. The Morgan fingerprint density at radius 1 is 1.24 bits per heavy atom. The molecule has 1 nitrogen and oxygen atoms in total. The van der Waals surface area contributed by atoms with Crippen molar-refractivity contribution in [3.8, 4) is 0 Å². The normalized spacial score (nSPS) is 11.3. The van der Waals surface area contributed by atoms with Crippen LogP contribution in [0, 0.1) is 6.92 Å². The van der Waals surface area contributed by atoms with Gasteiger partial charge in [-0.2, -0.15) is 6.92 Å². The molecule has 0 radical (unpaired) electrons. The Morgan fingerprint density at radius 3 is 2.35 bits per heavy atom. The van der Waals surface area contributed by atoms with E-state index in [1.807, 2.05) is 36.4 Å². The van der Waals surface area contributed by atoms with Gasteiger partial charge in [0.2, 0.25) is 0 Å². The van der Waals surface area contributed by atoms with Crippen molar-refractivity contribution in [2.24, 2.45) is 0 Å². The van der Waals surface area contributed by atoms with E-state index in [0.29, 0.717) is 0 Å². The van der Waals surface area contributed by atoms with E-state index in [1.54, 1.807) is 6.92 Å². The summed E-state index contributed by atoms with van der Waals surface area (Å²) in [5.41, 5.74) is 0.959. The van der Waals surface area contributed by atoms with E-state index in [-0.39, 0.29) is 19.5 Å². The van der Waals surface area contributed by atoms with E-state index in [2.05, 4.69) is 19.9 Å². The molecule has 1 atom stereocenters. The second-order valence-corrected chi connectivity index (χ2v) is 3.43. The van der Waals surface area contributed by atoms with Crippen molar-refractivity contribution in [3.05, 3.63) is 55.0 Å². The second-order valence-electron chi connectivity index (χ2n) is 3.43. The van der Waals surface area contributed by atoms with Crippen molar-refractivity contribution < 1.29 is 24.6 Å². The fourth-order valence-electron chi connectivity index (χ4n) is 1.31. The van der Waals surface area contributed by atoms with Gasteiger partial charge in [0.15, 0.2) is 0 Å². The molecule has 0 bridgehead atoms. The predicted octanol–water partition coefficient (Wildman–Crippen LogP) is 4.30. The first kappa shape index (κ1) is 18.9. The number of aliphatic hydroxyl groups is 1. The molecule has 1 rings (SSSR count). The standard InChI is InChI=1S/C13H18O.C2H5.Zn/c1-2-3-4-8-11-13(14)12-9-6-5-7-10-12;1-2;/h5-11,13-14H,2-4H2,1H3;1H2,2H3;/q;-1;/b11-8+;;/t13-;;/m0../s1. The van der Waals surface area contributed by atoms with Gasteiger partial charge in [0.05, 0.1) is 6.10 Å². The van der Waals surface area contributed by atoms with Gasteiger partial charge in [-0.15, -0.1) is 0 Å². The van der Waals surface area contributed by atoms with Gasteiger partial charge in [-0.3, -0.25) is 0 Å². The van der Waals surface area contributed by atoms with E-state index in [9.17, 15) is 5.11 Å². The first-order valence-corrected chi connectivity index (χ1v) is 5.95. The molecule has 17 heavy (non-hydrogen) atoms. The van der Waals surface area contributed by atoms with E-state index in [4.69, 9.17) is 0 Å². The zero-order valence-electron chi connectivity index (χ0n) is 11.1. The number of aliphatic hydroxyl groups excluding tert-OH is 1. The molecule has 0 saturated heterocycles. The third kappa shape index (κ3) is 9.26. The van der Waals surface area contributed by atoms with Crippen LogP contribution in [0.4, 0.5) is 0 Å². The average Bonchev–Trinajstić information content (AvgIpc) is 2.38. The maximum absolute atomic E-state index is 9.73. The molecule has 0 aliphatic carbocycles. The molecule has 0 aliphatic heterocycles. The van der Waals surface area contributed by atoms with Gasteiger partial charge in [-0.25, -0.2) is 0 Å². The van der Waals surface area contributed by atoms with E-state index < -0.39 is 6.10 Å². The largest absolute Gasteiger partial charge is 0.384 e. The van der Waals surface area contributed by atoms with E-state index in [1.165, 1.54) is 12.8 Å². The van der Waals surface area contributed by atoms with Crippen LogP contribution in [0.2, 0.25) is 0 Å². The van der Waals surface area contributed by atoms with Crippen molar-refractivity contribution in [1.29, 1.82) is 0 Å². The zero-order valence-corrected chi connectivity index (χ0v) is 14.1. The summed E-state index contributed by atoms with van der Waals surface area (Å²) in [6, 6.07) is 9.72. The van der Waals surface area contributed by atoms with Crippen LogP contribution >= 0.6 is 0 Å². The predicted molar refractivity (Wildman–Crippen MR) is 71.1 cm³/mol. The van der Waals surface area contributed by atoms with E-state index in [0.717, 1.165) is 12.0 Å². The molecular weight excluding hydrogens is 262 g/mol. The zero-order chi connectivity index (χ0) is 12.2. The molecule has 0 unspecified atom stereocenters. The van der Waals surface area contributed by atoms with Gasteiger partial charge < -0.3 is 12.0 Å². The van der Waals surface area contributed by atoms with Crippen LogP contribution < -0.4 is 0 Å². The molecule has 0 heterocycles. The minimum atomic E-state index is -0.451. The molecule has 0 amide bonds. The maximum Gasteiger partial charge on any atom is 0.0971 e. The van der Waals surface area contributed by atoms with E-state index >= 15 is 0 Å². The van der Waals surface area contributed by atoms with Crippen LogP contribution in [0.25, 0.3) is 0 Å². The fourth-order valence-corrected chi connectivity index (χ4v) is 1.31. The van der Waals surface area contributed by atoms with Crippen LogP contribution in [-0.2, 0) is 19.5 Å². The number of unbranched alkanes of at least 4 members (excludes halogenated alkanes) is 2. The molecule has 0 aromatic heterocycles. The Morgan fingerprint density at radius 2 is 1.82 bits per heavy atom. The monoisotopic (exact) mass is 283 g/mol. The minimum absolute atomic E-state index is 0. The average molecular weight is 285 g/mol. The molecule has 1 aromatic rings. The number of benzene rings is 1. The van der Waals surface area contributed by atoms with Crippen LogP contribution in [0.3, 0.4) is 0 Å². The number of hydrogen-bond acceptors (Lipinski definition) is 1. The number of allylic oxidation sites excluding steroid dienone is 1. The maximum atomic E-state index is 9.73. The van der Waals surface area contributed by atoms with Crippen LogP contribution in [-0.4, -0.2) is 5.11 Å². The summed E-state index contributed by atoms with van der Waals surface area (Å²) in [5, 5.41) is 9.73. The summed E-state index contributed by atoms with van der Waals surface area (Å²) in [5.74, 6) is 0. The molecule has 0 aliphatic rings. The molecule has 2 heteroatoms. The van der Waals surface area contributed by atoms with Crippen LogP contribution in [0.1, 0.15) is 44.8 Å². The quantitative estimate of drug-likeness (QED) is 0.370. The van der Waals surface area contributed by atoms with Crippen LogP contribution in [0.5, 0.6) is 0 Å². The van der Waals surface area contributed by atoms with Crippen molar-refractivity contribution in [3.63, 3.8) is 0 Å². The van der Waals surface area contributed by atoms with Gasteiger partial charge in [0.25, 0.3) is 0 Å². The van der Waals surface area contributed by atoms with Crippen molar-refractivity contribution in [2.75, 3.05) is 0 Å². The summed E-state index contributed by atoms with van der Waals surface area (Å²) in [7, 11) is 0. The Labute approximate surface area is 119 Å². The van der Waals surface area contributed by atoms with Crippen LogP contribution in [0.15, 0.2) is 42.5 Å². The first-order chi connectivity index (χ1) is 7.84. The topological polar surface area (TPSA) is 20.2 Å².